The minimum Gasteiger partial charge on any atom is -0.376 e. The van der Waals surface area contributed by atoms with Gasteiger partial charge in [-0.3, -0.25) is 4.79 Å². The first-order valence-corrected chi connectivity index (χ1v) is 9.45. The normalized spacial score (nSPS) is 19.1. The fraction of sp³-hybridized carbons (Fsp3) is 0.409. The lowest BCUT2D eigenvalue weighted by Crippen LogP contribution is -2.40. The molecule has 1 amide bonds. The van der Waals surface area contributed by atoms with E-state index in [1.165, 1.54) is 5.56 Å². The van der Waals surface area contributed by atoms with Gasteiger partial charge >= 0.3 is 0 Å². The van der Waals surface area contributed by atoms with Crippen LogP contribution in [0.4, 0.5) is 5.69 Å². The van der Waals surface area contributed by atoms with Gasteiger partial charge in [-0.05, 0) is 56.0 Å². The number of carbonyl (C=O) groups excluding carboxylic acids is 1. The van der Waals surface area contributed by atoms with E-state index in [0.717, 1.165) is 37.1 Å². The summed E-state index contributed by atoms with van der Waals surface area (Å²) in [7, 11) is 0. The number of ether oxygens (including phenoxy) is 1. The van der Waals surface area contributed by atoms with E-state index in [2.05, 4.69) is 29.7 Å². The van der Waals surface area contributed by atoms with Crippen molar-refractivity contribution in [3.8, 4) is 0 Å². The molecule has 0 aliphatic carbocycles. The number of rotatable bonds is 7. The Morgan fingerprint density at radius 2 is 1.93 bits per heavy atom. The van der Waals surface area contributed by atoms with E-state index in [1.54, 1.807) is 0 Å². The number of hydrogen-bond donors (Lipinski definition) is 2. The highest BCUT2D eigenvalue weighted by Crippen LogP contribution is 2.19. The predicted molar refractivity (Wildman–Crippen MR) is 112 cm³/mol. The maximum Gasteiger partial charge on any atom is 0.227 e. The number of amides is 1. The topological polar surface area (TPSA) is 50.4 Å². The summed E-state index contributed by atoms with van der Waals surface area (Å²) in [4.78, 5) is 12.5. The molecule has 1 saturated heterocycles. The summed E-state index contributed by atoms with van der Waals surface area (Å²) in [6, 6.07) is 18.7. The third kappa shape index (κ3) is 6.98. The van der Waals surface area contributed by atoms with E-state index in [9.17, 15) is 4.79 Å². The summed E-state index contributed by atoms with van der Waals surface area (Å²) in [6.45, 7) is 4.29. The second-order valence-electron chi connectivity index (χ2n) is 7.05. The molecule has 4 nitrogen and oxygen atoms in total. The second-order valence-corrected chi connectivity index (χ2v) is 7.05. The fourth-order valence-electron chi connectivity index (χ4n) is 3.38. The summed E-state index contributed by atoms with van der Waals surface area (Å²) in [5.74, 6) is 0.220. The molecule has 0 unspecified atom stereocenters. The molecule has 2 aromatic carbocycles. The average molecular weight is 389 g/mol. The lowest BCUT2D eigenvalue weighted by atomic mass is 9.92. The van der Waals surface area contributed by atoms with Crippen molar-refractivity contribution < 1.29 is 9.53 Å². The summed E-state index contributed by atoms with van der Waals surface area (Å²) >= 11 is 0. The summed E-state index contributed by atoms with van der Waals surface area (Å²) in [6.07, 6.45) is 2.71. The highest BCUT2D eigenvalue weighted by atomic mass is 35.5. The summed E-state index contributed by atoms with van der Waals surface area (Å²) in [5, 5.41) is 6.45. The fourth-order valence-corrected chi connectivity index (χ4v) is 3.38. The van der Waals surface area contributed by atoms with Crippen LogP contribution in [0.1, 0.15) is 30.9 Å². The highest BCUT2D eigenvalue weighted by molar-refractivity contribution is 5.92. The summed E-state index contributed by atoms with van der Waals surface area (Å²) < 4.78 is 5.79. The largest absolute Gasteiger partial charge is 0.376 e. The molecule has 0 radical (unpaired) electrons. The van der Waals surface area contributed by atoms with Crippen LogP contribution < -0.4 is 10.6 Å². The molecule has 2 N–H and O–H groups in total. The number of carbonyl (C=O) groups is 1. The van der Waals surface area contributed by atoms with Crippen molar-refractivity contribution in [1.29, 1.82) is 0 Å². The van der Waals surface area contributed by atoms with Crippen molar-refractivity contribution in [2.45, 2.75) is 38.8 Å². The number of benzene rings is 2. The van der Waals surface area contributed by atoms with Gasteiger partial charge in [0.05, 0.1) is 13.2 Å². The van der Waals surface area contributed by atoms with Crippen LogP contribution in [0.5, 0.6) is 0 Å². The van der Waals surface area contributed by atoms with Crippen LogP contribution in [0.3, 0.4) is 0 Å². The van der Waals surface area contributed by atoms with Crippen molar-refractivity contribution in [3.05, 3.63) is 65.7 Å². The van der Waals surface area contributed by atoms with Gasteiger partial charge in [-0.25, -0.2) is 0 Å². The highest BCUT2D eigenvalue weighted by Gasteiger charge is 2.24. The molecule has 2 atom stereocenters. The van der Waals surface area contributed by atoms with Crippen LogP contribution in [0, 0.1) is 5.92 Å². The van der Waals surface area contributed by atoms with E-state index < -0.39 is 0 Å². The van der Waals surface area contributed by atoms with Gasteiger partial charge in [-0.15, -0.1) is 12.4 Å². The van der Waals surface area contributed by atoms with Crippen molar-refractivity contribution in [3.63, 3.8) is 0 Å². The zero-order valence-electron chi connectivity index (χ0n) is 15.8. The van der Waals surface area contributed by atoms with Crippen LogP contribution in [-0.4, -0.2) is 25.1 Å². The van der Waals surface area contributed by atoms with E-state index in [1.807, 2.05) is 42.5 Å². The first kappa shape index (κ1) is 21.4. The van der Waals surface area contributed by atoms with E-state index in [4.69, 9.17) is 4.74 Å². The smallest absolute Gasteiger partial charge is 0.227 e. The molecule has 1 aliphatic rings. The third-order valence-electron chi connectivity index (χ3n) is 4.84. The molecular formula is C22H29ClN2O2. The average Bonchev–Trinajstić information content (AvgIpc) is 2.66. The van der Waals surface area contributed by atoms with Crippen LogP contribution >= 0.6 is 12.4 Å². The van der Waals surface area contributed by atoms with Gasteiger partial charge in [-0.2, -0.15) is 0 Å². The van der Waals surface area contributed by atoms with Crippen molar-refractivity contribution >= 4 is 24.0 Å². The maximum absolute atomic E-state index is 12.5. The first-order valence-electron chi connectivity index (χ1n) is 9.45. The lowest BCUT2D eigenvalue weighted by molar-refractivity contribution is -0.120. The molecule has 1 fully saturated rings. The van der Waals surface area contributed by atoms with Crippen molar-refractivity contribution in [1.82, 2.24) is 5.32 Å². The molecule has 2 aromatic rings. The lowest BCUT2D eigenvalue weighted by Gasteiger charge is -2.27. The Labute approximate surface area is 168 Å². The molecule has 1 heterocycles. The monoisotopic (exact) mass is 388 g/mol. The SMILES string of the molecule is C[C@H]1C[C@@H](C(=O)Nc2cccc(COCCc3ccccc3)c2)CCN1.Cl. The van der Waals surface area contributed by atoms with Crippen LogP contribution in [0.2, 0.25) is 0 Å². The van der Waals surface area contributed by atoms with Gasteiger partial charge in [0.15, 0.2) is 0 Å². The first-order chi connectivity index (χ1) is 12.7. The standard InChI is InChI=1S/C22H28N2O2.ClH/c1-17-14-20(10-12-23-17)22(25)24-21-9-5-8-19(15-21)16-26-13-11-18-6-3-2-4-7-18;/h2-9,15,17,20,23H,10-14,16H2,1H3,(H,24,25);1H/t17-,20-;/m0./s1. The van der Waals surface area contributed by atoms with Crippen molar-refractivity contribution in [2.75, 3.05) is 18.5 Å². The molecular weight excluding hydrogens is 360 g/mol. The molecule has 0 aromatic heterocycles. The predicted octanol–water partition coefficient (Wildman–Crippen LogP) is 4.19. The molecule has 3 rings (SSSR count). The number of nitrogens with one attached hydrogen (secondary N) is 2. The number of halogens is 1. The number of hydrogen-bond acceptors (Lipinski definition) is 3. The molecule has 146 valence electrons. The summed E-state index contributed by atoms with van der Waals surface area (Å²) in [5.41, 5.74) is 3.21. The van der Waals surface area contributed by atoms with E-state index in [0.29, 0.717) is 19.3 Å². The molecule has 0 saturated carbocycles. The van der Waals surface area contributed by atoms with Gasteiger partial charge in [0, 0.05) is 17.6 Å². The van der Waals surface area contributed by atoms with Crippen LogP contribution in [0.15, 0.2) is 54.6 Å². The zero-order chi connectivity index (χ0) is 18.2. The Balaban J connectivity index is 0.00000261. The Kier molecular flexibility index (Phi) is 8.79. The Morgan fingerprint density at radius 1 is 1.15 bits per heavy atom. The van der Waals surface area contributed by atoms with Crippen LogP contribution in [-0.2, 0) is 22.6 Å². The second kappa shape index (κ2) is 11.1. The molecule has 1 aliphatic heterocycles. The zero-order valence-corrected chi connectivity index (χ0v) is 16.6. The number of anilines is 1. The minimum atomic E-state index is 0. The number of piperidine rings is 1. The molecule has 27 heavy (non-hydrogen) atoms. The van der Waals surface area contributed by atoms with E-state index in [-0.39, 0.29) is 24.2 Å². The quantitative estimate of drug-likeness (QED) is 0.699. The Hall–Kier alpha value is -1.88. The van der Waals surface area contributed by atoms with Crippen molar-refractivity contribution in [2.24, 2.45) is 5.92 Å². The Bertz CT molecular complexity index is 708. The Morgan fingerprint density at radius 3 is 2.70 bits per heavy atom. The van der Waals surface area contributed by atoms with Crippen LogP contribution in [0.25, 0.3) is 0 Å². The molecule has 0 spiro atoms. The molecule has 0 bridgehead atoms. The third-order valence-corrected chi connectivity index (χ3v) is 4.84. The minimum absolute atomic E-state index is 0. The van der Waals surface area contributed by atoms with Gasteiger partial charge in [-0.1, -0.05) is 42.5 Å². The van der Waals surface area contributed by atoms with E-state index >= 15 is 0 Å². The molecule has 5 heteroatoms. The van der Waals surface area contributed by atoms with Gasteiger partial charge in [0.2, 0.25) is 5.91 Å². The van der Waals surface area contributed by atoms with Gasteiger partial charge < -0.3 is 15.4 Å². The van der Waals surface area contributed by atoms with Gasteiger partial charge in [0.1, 0.15) is 0 Å². The van der Waals surface area contributed by atoms with Gasteiger partial charge in [0.25, 0.3) is 0 Å². The maximum atomic E-state index is 12.5.